The van der Waals surface area contributed by atoms with E-state index in [1.807, 2.05) is 12.3 Å². The smallest absolute Gasteiger partial charge is 0.341 e. The van der Waals surface area contributed by atoms with Crippen LogP contribution in [0.5, 0.6) is 5.75 Å². The van der Waals surface area contributed by atoms with Crippen molar-refractivity contribution in [3.8, 4) is 5.75 Å². The lowest BCUT2D eigenvalue weighted by molar-refractivity contribution is 0.0432. The lowest BCUT2D eigenvalue weighted by Gasteiger charge is -2.07. The molecule has 0 spiro atoms. The van der Waals surface area contributed by atoms with E-state index in [1.165, 1.54) is 19.4 Å². The van der Waals surface area contributed by atoms with Crippen LogP contribution in [-0.2, 0) is 22.7 Å². The molecule has 0 unspecified atom stereocenters. The Morgan fingerprint density at radius 3 is 2.56 bits per heavy atom. The van der Waals surface area contributed by atoms with Crippen molar-refractivity contribution >= 4 is 23.3 Å². The van der Waals surface area contributed by atoms with Crippen LogP contribution in [0.25, 0.3) is 0 Å². The number of methoxy groups -OCH3 is 1. The van der Waals surface area contributed by atoms with Gasteiger partial charge < -0.3 is 18.6 Å². The highest BCUT2D eigenvalue weighted by atomic mass is 32.1. The van der Waals surface area contributed by atoms with Gasteiger partial charge in [0.25, 0.3) is 0 Å². The lowest BCUT2D eigenvalue weighted by Crippen LogP contribution is -2.08. The molecule has 0 aliphatic rings. The van der Waals surface area contributed by atoms with Gasteiger partial charge in [0.15, 0.2) is 12.4 Å². The number of rotatable bonds is 7. The molecule has 2 aromatic heterocycles. The highest BCUT2D eigenvalue weighted by Crippen LogP contribution is 2.17. The predicted octanol–water partition coefficient (Wildman–Crippen LogP) is 3.77. The molecular formula is C19H17NO6S. The van der Waals surface area contributed by atoms with Crippen molar-refractivity contribution in [2.75, 3.05) is 7.11 Å². The van der Waals surface area contributed by atoms with Crippen molar-refractivity contribution in [1.82, 2.24) is 4.98 Å². The van der Waals surface area contributed by atoms with Gasteiger partial charge in [-0.2, -0.15) is 0 Å². The van der Waals surface area contributed by atoms with Gasteiger partial charge in [0.05, 0.1) is 29.6 Å². The average Bonchev–Trinajstić information content (AvgIpc) is 3.33. The van der Waals surface area contributed by atoms with Gasteiger partial charge in [-0.3, -0.25) is 0 Å². The molecule has 140 valence electrons. The maximum Gasteiger partial charge on any atom is 0.341 e. The molecule has 0 radical (unpaired) electrons. The van der Waals surface area contributed by atoms with Gasteiger partial charge in [-0.1, -0.05) is 0 Å². The third kappa shape index (κ3) is 4.73. The first-order valence-electron chi connectivity index (χ1n) is 8.02. The summed E-state index contributed by atoms with van der Waals surface area (Å²) in [4.78, 5) is 28.1. The second kappa shape index (κ2) is 8.50. The molecule has 3 rings (SSSR count). The maximum atomic E-state index is 12.2. The van der Waals surface area contributed by atoms with E-state index in [2.05, 4.69) is 9.72 Å². The number of nitrogens with zero attached hydrogens (tertiary/aromatic N) is 1. The first-order valence-corrected chi connectivity index (χ1v) is 8.90. The molecule has 0 saturated heterocycles. The van der Waals surface area contributed by atoms with E-state index in [4.69, 9.17) is 13.9 Å². The Labute approximate surface area is 159 Å². The first-order chi connectivity index (χ1) is 13.1. The molecule has 0 aliphatic heterocycles. The minimum absolute atomic E-state index is 0.169. The third-order valence-electron chi connectivity index (χ3n) is 3.63. The highest BCUT2D eigenvalue weighted by Gasteiger charge is 2.17. The normalized spacial score (nSPS) is 10.4. The SMILES string of the molecule is COC(=O)c1ccoc1COC(=O)c1ccc(OCc2csc(C)n2)cc1. The fourth-order valence-corrected chi connectivity index (χ4v) is 2.88. The summed E-state index contributed by atoms with van der Waals surface area (Å²) in [5, 5.41) is 2.93. The molecule has 1 aromatic carbocycles. The van der Waals surface area contributed by atoms with Crippen molar-refractivity contribution in [3.05, 3.63) is 69.6 Å². The summed E-state index contributed by atoms with van der Waals surface area (Å²) < 4.78 is 20.6. The summed E-state index contributed by atoms with van der Waals surface area (Å²) in [7, 11) is 1.27. The predicted molar refractivity (Wildman–Crippen MR) is 96.8 cm³/mol. The van der Waals surface area contributed by atoms with Crippen molar-refractivity contribution in [3.63, 3.8) is 0 Å². The molecule has 0 atom stereocenters. The van der Waals surface area contributed by atoms with Gasteiger partial charge in [-0.25, -0.2) is 14.6 Å². The van der Waals surface area contributed by atoms with E-state index in [9.17, 15) is 9.59 Å². The van der Waals surface area contributed by atoms with Crippen molar-refractivity contribution in [2.24, 2.45) is 0 Å². The van der Waals surface area contributed by atoms with Crippen LogP contribution in [0.4, 0.5) is 0 Å². The molecule has 0 aliphatic carbocycles. The van der Waals surface area contributed by atoms with E-state index in [0.717, 1.165) is 10.7 Å². The lowest BCUT2D eigenvalue weighted by atomic mass is 10.2. The number of benzene rings is 1. The van der Waals surface area contributed by atoms with Gasteiger partial charge in [-0.05, 0) is 37.3 Å². The van der Waals surface area contributed by atoms with Crippen LogP contribution in [0, 0.1) is 6.92 Å². The molecule has 0 amide bonds. The van der Waals surface area contributed by atoms with Crippen LogP contribution in [0.1, 0.15) is 37.2 Å². The zero-order chi connectivity index (χ0) is 19.2. The molecule has 0 fully saturated rings. The summed E-state index contributed by atoms with van der Waals surface area (Å²) >= 11 is 1.57. The fraction of sp³-hybridized carbons (Fsp3) is 0.211. The van der Waals surface area contributed by atoms with Crippen LogP contribution in [0.3, 0.4) is 0 Å². The fourth-order valence-electron chi connectivity index (χ4n) is 2.28. The number of aromatic nitrogens is 1. The zero-order valence-electron chi connectivity index (χ0n) is 14.8. The Balaban J connectivity index is 1.54. The summed E-state index contributed by atoms with van der Waals surface area (Å²) in [6.07, 6.45) is 1.34. The molecule has 0 saturated carbocycles. The molecule has 0 N–H and O–H groups in total. The summed E-state index contributed by atoms with van der Waals surface area (Å²) in [6, 6.07) is 8.04. The number of aryl methyl sites for hydroxylation is 1. The maximum absolute atomic E-state index is 12.2. The number of esters is 2. The van der Waals surface area contributed by atoms with Gasteiger partial charge in [0, 0.05) is 5.38 Å². The van der Waals surface area contributed by atoms with Crippen molar-refractivity contribution < 1.29 is 28.2 Å². The number of carbonyl (C=O) groups excluding carboxylic acids is 2. The van der Waals surface area contributed by atoms with Crippen LogP contribution < -0.4 is 4.74 Å². The van der Waals surface area contributed by atoms with E-state index in [0.29, 0.717) is 17.9 Å². The Bertz CT molecular complexity index is 928. The Morgan fingerprint density at radius 2 is 1.89 bits per heavy atom. The second-order valence-electron chi connectivity index (χ2n) is 5.50. The quantitative estimate of drug-likeness (QED) is 0.570. The number of furan rings is 1. The molecular weight excluding hydrogens is 370 g/mol. The summed E-state index contributed by atoms with van der Waals surface area (Å²) in [5.74, 6) is -0.236. The Morgan fingerprint density at radius 1 is 1.11 bits per heavy atom. The Kier molecular flexibility index (Phi) is 5.87. The van der Waals surface area contributed by atoms with E-state index in [-0.39, 0.29) is 17.9 Å². The van der Waals surface area contributed by atoms with Gasteiger partial charge in [0.2, 0.25) is 0 Å². The minimum Gasteiger partial charge on any atom is -0.487 e. The van der Waals surface area contributed by atoms with Crippen molar-refractivity contribution in [2.45, 2.75) is 20.1 Å². The second-order valence-corrected chi connectivity index (χ2v) is 6.56. The van der Waals surface area contributed by atoms with E-state index in [1.54, 1.807) is 35.6 Å². The molecule has 2 heterocycles. The van der Waals surface area contributed by atoms with Gasteiger partial charge in [-0.15, -0.1) is 11.3 Å². The standard InChI is InChI=1S/C19H17NO6S/c1-12-20-14(11-27-12)9-25-15-5-3-13(4-6-15)18(21)26-10-17-16(7-8-24-17)19(22)23-2/h3-8,11H,9-10H2,1-2H3. The number of ether oxygens (including phenoxy) is 3. The highest BCUT2D eigenvalue weighted by molar-refractivity contribution is 7.09. The van der Waals surface area contributed by atoms with Gasteiger partial charge >= 0.3 is 11.9 Å². The molecule has 8 heteroatoms. The van der Waals surface area contributed by atoms with Gasteiger partial charge in [0.1, 0.15) is 17.9 Å². The molecule has 7 nitrogen and oxygen atoms in total. The number of thiazole rings is 1. The summed E-state index contributed by atoms with van der Waals surface area (Å²) in [6.45, 7) is 2.13. The van der Waals surface area contributed by atoms with Crippen LogP contribution in [0.2, 0.25) is 0 Å². The minimum atomic E-state index is -0.549. The zero-order valence-corrected chi connectivity index (χ0v) is 15.6. The van der Waals surface area contributed by atoms with E-state index >= 15 is 0 Å². The van der Waals surface area contributed by atoms with Crippen LogP contribution in [0.15, 0.2) is 46.4 Å². The monoisotopic (exact) mass is 387 g/mol. The van der Waals surface area contributed by atoms with Crippen molar-refractivity contribution in [1.29, 1.82) is 0 Å². The first kappa shape index (κ1) is 18.7. The van der Waals surface area contributed by atoms with E-state index < -0.39 is 11.9 Å². The number of hydrogen-bond donors (Lipinski definition) is 0. The topological polar surface area (TPSA) is 87.9 Å². The largest absolute Gasteiger partial charge is 0.487 e. The summed E-state index contributed by atoms with van der Waals surface area (Å²) in [5.41, 5.74) is 1.45. The molecule has 0 bridgehead atoms. The van der Waals surface area contributed by atoms with Crippen LogP contribution in [-0.4, -0.2) is 24.0 Å². The average molecular weight is 387 g/mol. The third-order valence-corrected chi connectivity index (χ3v) is 4.45. The Hall–Kier alpha value is -3.13. The molecule has 27 heavy (non-hydrogen) atoms. The van der Waals surface area contributed by atoms with Crippen LogP contribution >= 0.6 is 11.3 Å². The molecule has 3 aromatic rings. The number of hydrogen-bond acceptors (Lipinski definition) is 8. The number of carbonyl (C=O) groups is 2.